The molecule has 0 aromatic carbocycles. The third kappa shape index (κ3) is 4.42. The fourth-order valence-corrected chi connectivity index (χ4v) is 2.72. The standard InChI is InChI=1S/C16H23N5O3/c1-11(7-13-8-12(2)18-19-13)17-16(22)15-9-14(24-20-15)10-21-3-5-23-6-4-21/h8-9,11H,3-7,10H2,1-2H3,(H,17,22)(H,18,19)/t11-/m1/s1. The van der Waals surface area contributed by atoms with Crippen molar-refractivity contribution in [3.8, 4) is 0 Å². The first kappa shape index (κ1) is 16.7. The van der Waals surface area contributed by atoms with E-state index in [0.29, 0.717) is 24.4 Å². The number of carbonyl (C=O) groups is 1. The lowest BCUT2D eigenvalue weighted by molar-refractivity contribution is 0.0305. The van der Waals surface area contributed by atoms with Crippen LogP contribution in [0.15, 0.2) is 16.7 Å². The van der Waals surface area contributed by atoms with Crippen LogP contribution in [0.4, 0.5) is 0 Å². The number of hydrogen-bond donors (Lipinski definition) is 2. The van der Waals surface area contributed by atoms with E-state index in [9.17, 15) is 4.79 Å². The molecule has 24 heavy (non-hydrogen) atoms. The Bertz CT molecular complexity index is 675. The average Bonchev–Trinajstić information content (AvgIpc) is 3.17. The molecule has 1 amide bonds. The van der Waals surface area contributed by atoms with Crippen LogP contribution in [0.25, 0.3) is 0 Å². The first-order valence-corrected chi connectivity index (χ1v) is 8.17. The third-order valence-electron chi connectivity index (χ3n) is 3.93. The second kappa shape index (κ2) is 7.59. The van der Waals surface area contributed by atoms with Crippen LogP contribution in [0, 0.1) is 6.92 Å². The van der Waals surface area contributed by atoms with Crippen LogP contribution in [0.5, 0.6) is 0 Å². The minimum Gasteiger partial charge on any atom is -0.379 e. The highest BCUT2D eigenvalue weighted by Gasteiger charge is 2.18. The van der Waals surface area contributed by atoms with Crippen molar-refractivity contribution < 1.29 is 14.1 Å². The Morgan fingerprint density at radius 3 is 2.92 bits per heavy atom. The Hall–Kier alpha value is -2.19. The molecule has 8 heteroatoms. The van der Waals surface area contributed by atoms with Gasteiger partial charge in [-0.1, -0.05) is 5.16 Å². The van der Waals surface area contributed by atoms with Gasteiger partial charge in [-0.25, -0.2) is 0 Å². The lowest BCUT2D eigenvalue weighted by Gasteiger charge is -2.25. The Morgan fingerprint density at radius 1 is 1.42 bits per heavy atom. The van der Waals surface area contributed by atoms with Crippen molar-refractivity contribution in [1.29, 1.82) is 0 Å². The molecule has 2 N–H and O–H groups in total. The maximum atomic E-state index is 12.3. The smallest absolute Gasteiger partial charge is 0.273 e. The lowest BCUT2D eigenvalue weighted by Crippen LogP contribution is -2.35. The number of carbonyl (C=O) groups excluding carboxylic acids is 1. The number of aryl methyl sites for hydroxylation is 1. The van der Waals surface area contributed by atoms with Crippen LogP contribution in [-0.4, -0.2) is 58.5 Å². The molecule has 1 fully saturated rings. The Morgan fingerprint density at radius 2 is 2.21 bits per heavy atom. The fraction of sp³-hybridized carbons (Fsp3) is 0.562. The predicted octanol–water partition coefficient (Wildman–Crippen LogP) is 0.899. The van der Waals surface area contributed by atoms with Crippen LogP contribution in [0.3, 0.4) is 0 Å². The number of ether oxygens (including phenoxy) is 1. The highest BCUT2D eigenvalue weighted by atomic mass is 16.5. The average molecular weight is 333 g/mol. The summed E-state index contributed by atoms with van der Waals surface area (Å²) in [4.78, 5) is 14.5. The summed E-state index contributed by atoms with van der Waals surface area (Å²) in [5.41, 5.74) is 2.24. The Labute approximate surface area is 140 Å². The topological polar surface area (TPSA) is 96.3 Å². The van der Waals surface area contributed by atoms with E-state index in [1.54, 1.807) is 6.07 Å². The molecule has 1 saturated heterocycles. The summed E-state index contributed by atoms with van der Waals surface area (Å²) < 4.78 is 10.6. The Balaban J connectivity index is 1.51. The molecule has 2 aromatic heterocycles. The van der Waals surface area contributed by atoms with Crippen molar-refractivity contribution in [3.05, 3.63) is 35.0 Å². The van der Waals surface area contributed by atoms with Crippen molar-refractivity contribution in [2.24, 2.45) is 0 Å². The molecule has 1 atom stereocenters. The third-order valence-corrected chi connectivity index (χ3v) is 3.93. The lowest BCUT2D eigenvalue weighted by atomic mass is 10.1. The number of nitrogens with one attached hydrogen (secondary N) is 2. The SMILES string of the molecule is Cc1cc(C[C@@H](C)NC(=O)c2cc(CN3CCOCC3)on2)n[nH]1. The first-order valence-electron chi connectivity index (χ1n) is 8.17. The van der Waals surface area contributed by atoms with Crippen LogP contribution >= 0.6 is 0 Å². The van der Waals surface area contributed by atoms with Gasteiger partial charge in [0.15, 0.2) is 11.5 Å². The van der Waals surface area contributed by atoms with Crippen molar-refractivity contribution in [1.82, 2.24) is 25.6 Å². The normalized spacial score (nSPS) is 16.9. The van der Waals surface area contributed by atoms with Crippen LogP contribution in [0.1, 0.15) is 34.6 Å². The Kier molecular flexibility index (Phi) is 5.27. The quantitative estimate of drug-likeness (QED) is 0.815. The van der Waals surface area contributed by atoms with Crippen LogP contribution in [-0.2, 0) is 17.7 Å². The van der Waals surface area contributed by atoms with Gasteiger partial charge in [0.05, 0.1) is 25.5 Å². The minimum absolute atomic E-state index is 0.0420. The minimum atomic E-state index is -0.230. The number of rotatable bonds is 6. The highest BCUT2D eigenvalue weighted by molar-refractivity contribution is 5.92. The second-order valence-corrected chi connectivity index (χ2v) is 6.19. The summed E-state index contributed by atoms with van der Waals surface area (Å²) in [6.07, 6.45) is 0.661. The van der Waals surface area contributed by atoms with E-state index in [1.165, 1.54) is 0 Å². The van der Waals surface area contributed by atoms with E-state index in [0.717, 1.165) is 37.7 Å². The molecule has 0 aliphatic carbocycles. The molecular weight excluding hydrogens is 310 g/mol. The van der Waals surface area contributed by atoms with Crippen molar-refractivity contribution >= 4 is 5.91 Å². The zero-order chi connectivity index (χ0) is 16.9. The first-order chi connectivity index (χ1) is 11.6. The molecule has 1 aliphatic heterocycles. The van der Waals surface area contributed by atoms with Crippen molar-refractivity contribution in [2.45, 2.75) is 32.9 Å². The van der Waals surface area contributed by atoms with Gasteiger partial charge in [0, 0.05) is 37.3 Å². The summed E-state index contributed by atoms with van der Waals surface area (Å²) >= 11 is 0. The van der Waals surface area contributed by atoms with Gasteiger partial charge in [-0.05, 0) is 19.9 Å². The van der Waals surface area contributed by atoms with E-state index in [4.69, 9.17) is 9.26 Å². The number of H-pyrrole nitrogens is 1. The van der Waals surface area contributed by atoms with Gasteiger partial charge in [-0.2, -0.15) is 5.10 Å². The van der Waals surface area contributed by atoms with Gasteiger partial charge < -0.3 is 14.6 Å². The number of nitrogens with zero attached hydrogens (tertiary/aromatic N) is 3. The summed E-state index contributed by atoms with van der Waals surface area (Å²) in [6, 6.07) is 3.63. The predicted molar refractivity (Wildman–Crippen MR) is 86.6 cm³/mol. The molecule has 0 bridgehead atoms. The number of morpholine rings is 1. The van der Waals surface area contributed by atoms with Gasteiger partial charge in [0.1, 0.15) is 0 Å². The number of hydrogen-bond acceptors (Lipinski definition) is 6. The maximum absolute atomic E-state index is 12.3. The zero-order valence-corrected chi connectivity index (χ0v) is 14.0. The summed E-state index contributed by atoms with van der Waals surface area (Å²) in [6.45, 7) is 7.72. The molecule has 3 heterocycles. The highest BCUT2D eigenvalue weighted by Crippen LogP contribution is 2.10. The summed E-state index contributed by atoms with van der Waals surface area (Å²) in [5, 5.41) is 13.9. The summed E-state index contributed by atoms with van der Waals surface area (Å²) in [5.74, 6) is 0.462. The number of aromatic amines is 1. The maximum Gasteiger partial charge on any atom is 0.273 e. The van der Waals surface area contributed by atoms with Gasteiger partial charge in [-0.3, -0.25) is 14.8 Å². The van der Waals surface area contributed by atoms with Crippen molar-refractivity contribution in [2.75, 3.05) is 26.3 Å². The molecule has 0 spiro atoms. The second-order valence-electron chi connectivity index (χ2n) is 6.19. The molecule has 130 valence electrons. The fourth-order valence-electron chi connectivity index (χ4n) is 2.72. The molecule has 2 aromatic rings. The zero-order valence-electron chi connectivity index (χ0n) is 14.0. The van der Waals surface area contributed by atoms with E-state index in [2.05, 4.69) is 25.6 Å². The molecule has 1 aliphatic rings. The van der Waals surface area contributed by atoms with Crippen LogP contribution in [0.2, 0.25) is 0 Å². The van der Waals surface area contributed by atoms with Crippen molar-refractivity contribution in [3.63, 3.8) is 0 Å². The molecule has 0 unspecified atom stereocenters. The molecular formula is C16H23N5O3. The van der Waals surface area contributed by atoms with E-state index >= 15 is 0 Å². The number of amides is 1. The van der Waals surface area contributed by atoms with Gasteiger partial charge >= 0.3 is 0 Å². The van der Waals surface area contributed by atoms with Gasteiger partial charge in [0.25, 0.3) is 5.91 Å². The largest absolute Gasteiger partial charge is 0.379 e. The van der Waals surface area contributed by atoms with E-state index in [-0.39, 0.29) is 11.9 Å². The van der Waals surface area contributed by atoms with E-state index in [1.807, 2.05) is 19.9 Å². The number of aromatic nitrogens is 3. The summed E-state index contributed by atoms with van der Waals surface area (Å²) in [7, 11) is 0. The monoisotopic (exact) mass is 333 g/mol. The van der Waals surface area contributed by atoms with E-state index < -0.39 is 0 Å². The molecule has 3 rings (SSSR count). The molecule has 0 saturated carbocycles. The molecule has 0 radical (unpaired) electrons. The van der Waals surface area contributed by atoms with Crippen LogP contribution < -0.4 is 5.32 Å². The van der Waals surface area contributed by atoms with Gasteiger partial charge in [-0.15, -0.1) is 0 Å². The van der Waals surface area contributed by atoms with Gasteiger partial charge in [0.2, 0.25) is 0 Å². The molecule has 8 nitrogen and oxygen atoms in total.